The van der Waals surface area contributed by atoms with Crippen LogP contribution in [-0.2, 0) is 16.0 Å². The van der Waals surface area contributed by atoms with Gasteiger partial charge in [0.25, 0.3) is 5.69 Å². The molecular formula is C26H32N4O5. The molecule has 0 aromatic heterocycles. The highest BCUT2D eigenvalue weighted by atomic mass is 16.6. The topological polar surface area (TPSA) is 88.4 Å². The molecule has 2 fully saturated rings. The predicted octanol–water partition coefficient (Wildman–Crippen LogP) is 3.11. The van der Waals surface area contributed by atoms with Gasteiger partial charge in [-0.1, -0.05) is 12.1 Å². The van der Waals surface area contributed by atoms with E-state index >= 15 is 0 Å². The summed E-state index contributed by atoms with van der Waals surface area (Å²) in [5.74, 6) is 0.604. The Labute approximate surface area is 205 Å². The number of methoxy groups -OCH3 is 1. The van der Waals surface area contributed by atoms with Crippen molar-refractivity contribution in [2.75, 3.05) is 49.6 Å². The van der Waals surface area contributed by atoms with Crippen LogP contribution in [0.15, 0.2) is 42.5 Å². The molecule has 35 heavy (non-hydrogen) atoms. The van der Waals surface area contributed by atoms with E-state index < -0.39 is 0 Å². The highest BCUT2D eigenvalue weighted by Crippen LogP contribution is 2.40. The van der Waals surface area contributed by atoms with Crippen molar-refractivity contribution in [3.05, 3.63) is 58.1 Å². The van der Waals surface area contributed by atoms with Crippen molar-refractivity contribution in [2.24, 2.45) is 5.92 Å². The number of nitro benzene ring substituents is 1. The number of benzene rings is 2. The van der Waals surface area contributed by atoms with E-state index in [2.05, 4.69) is 15.9 Å². The molecule has 0 radical (unpaired) electrons. The van der Waals surface area contributed by atoms with Gasteiger partial charge in [0, 0.05) is 50.5 Å². The predicted molar refractivity (Wildman–Crippen MR) is 133 cm³/mol. The van der Waals surface area contributed by atoms with Crippen LogP contribution in [-0.4, -0.2) is 73.8 Å². The van der Waals surface area contributed by atoms with Gasteiger partial charge in [0.05, 0.1) is 41.9 Å². The zero-order valence-corrected chi connectivity index (χ0v) is 20.4. The van der Waals surface area contributed by atoms with Crippen molar-refractivity contribution in [3.8, 4) is 5.75 Å². The number of piperazine rings is 1. The number of hydrogen-bond acceptors (Lipinski definition) is 7. The second-order valence-corrected chi connectivity index (χ2v) is 9.76. The molecule has 2 saturated heterocycles. The van der Waals surface area contributed by atoms with Crippen LogP contribution in [0.2, 0.25) is 0 Å². The smallest absolute Gasteiger partial charge is 0.269 e. The highest BCUT2D eigenvalue weighted by Gasteiger charge is 2.44. The number of fused-ring (bicyclic) bond motifs is 3. The molecule has 9 heteroatoms. The number of para-hydroxylation sites is 2. The Morgan fingerprint density at radius 1 is 1.06 bits per heavy atom. The van der Waals surface area contributed by atoms with Gasteiger partial charge in [-0.2, -0.15) is 0 Å². The molecule has 0 saturated carbocycles. The Hall–Kier alpha value is -3.33. The second-order valence-electron chi connectivity index (χ2n) is 9.76. The monoisotopic (exact) mass is 480 g/mol. The van der Waals surface area contributed by atoms with Gasteiger partial charge >= 0.3 is 0 Å². The standard InChI is InChI=1S/C26H32N4O5/c1-17-14-28(15-18(2)35-17)26(31)21-13-19-12-20(30(32)33)8-9-22(19)29-11-10-27(16-24(21)29)23-6-4-5-7-25(23)34-3/h4-9,12,17-18,21,24H,10-11,13-16H2,1-3H3/t17-,18+,21-,24+/m0/s1. The Kier molecular flexibility index (Phi) is 6.27. The van der Waals surface area contributed by atoms with Gasteiger partial charge in [-0.3, -0.25) is 14.9 Å². The summed E-state index contributed by atoms with van der Waals surface area (Å²) in [7, 11) is 1.67. The fourth-order valence-corrected chi connectivity index (χ4v) is 5.91. The summed E-state index contributed by atoms with van der Waals surface area (Å²) in [6, 6.07) is 13.0. The normalized spacial score (nSPS) is 26.1. The first-order valence-electron chi connectivity index (χ1n) is 12.2. The maximum Gasteiger partial charge on any atom is 0.269 e. The molecule has 2 aromatic carbocycles. The molecule has 0 spiro atoms. The molecule has 3 aliphatic rings. The van der Waals surface area contributed by atoms with Gasteiger partial charge in [-0.15, -0.1) is 0 Å². The SMILES string of the molecule is COc1ccccc1N1CCN2c3ccc([N+](=O)[O-])cc3C[C@H](C(=O)N3C[C@@H](C)O[C@@H](C)C3)[C@H]2C1. The number of nitrogens with zero attached hydrogens (tertiary/aromatic N) is 4. The van der Waals surface area contributed by atoms with E-state index in [9.17, 15) is 14.9 Å². The Balaban J connectivity index is 1.50. The molecule has 9 nitrogen and oxygen atoms in total. The van der Waals surface area contributed by atoms with Crippen LogP contribution in [0, 0.1) is 16.0 Å². The summed E-state index contributed by atoms with van der Waals surface area (Å²) in [6.45, 7) is 7.25. The molecule has 5 rings (SSSR count). The first kappa shape index (κ1) is 23.4. The number of rotatable bonds is 4. The summed E-state index contributed by atoms with van der Waals surface area (Å²) in [4.78, 5) is 31.5. The zero-order valence-electron chi connectivity index (χ0n) is 20.4. The van der Waals surface area contributed by atoms with E-state index in [0.29, 0.717) is 32.6 Å². The average Bonchev–Trinajstić information content (AvgIpc) is 2.86. The van der Waals surface area contributed by atoms with E-state index in [1.54, 1.807) is 19.2 Å². The van der Waals surface area contributed by atoms with Crippen molar-refractivity contribution in [2.45, 2.75) is 38.5 Å². The summed E-state index contributed by atoms with van der Waals surface area (Å²) in [5.41, 5.74) is 2.94. The number of morpholine rings is 1. The first-order valence-corrected chi connectivity index (χ1v) is 12.2. The van der Waals surface area contributed by atoms with Gasteiger partial charge in [-0.05, 0) is 44.0 Å². The number of ether oxygens (including phenoxy) is 2. The maximum atomic E-state index is 14.0. The van der Waals surface area contributed by atoms with Crippen LogP contribution >= 0.6 is 0 Å². The van der Waals surface area contributed by atoms with E-state index in [0.717, 1.165) is 29.2 Å². The molecule has 0 unspecified atom stereocenters. The van der Waals surface area contributed by atoms with Crippen LogP contribution in [0.3, 0.4) is 0 Å². The summed E-state index contributed by atoms with van der Waals surface area (Å²) >= 11 is 0. The first-order chi connectivity index (χ1) is 16.9. The number of nitro groups is 1. The van der Waals surface area contributed by atoms with E-state index in [1.165, 1.54) is 0 Å². The third-order valence-corrected chi connectivity index (χ3v) is 7.38. The summed E-state index contributed by atoms with van der Waals surface area (Å²) < 4.78 is 11.5. The molecule has 2 aromatic rings. The number of anilines is 2. The van der Waals surface area contributed by atoms with Gasteiger partial charge in [0.1, 0.15) is 5.75 Å². The average molecular weight is 481 g/mol. The Morgan fingerprint density at radius 2 is 1.80 bits per heavy atom. The van der Waals surface area contributed by atoms with Crippen LogP contribution in [0.5, 0.6) is 5.75 Å². The van der Waals surface area contributed by atoms with Gasteiger partial charge in [0.2, 0.25) is 5.91 Å². The Morgan fingerprint density at radius 3 is 2.51 bits per heavy atom. The van der Waals surface area contributed by atoms with E-state index in [4.69, 9.17) is 9.47 Å². The summed E-state index contributed by atoms with van der Waals surface area (Å²) in [6.07, 6.45) is 0.441. The van der Waals surface area contributed by atoms with Crippen LogP contribution in [0.1, 0.15) is 19.4 Å². The van der Waals surface area contributed by atoms with Crippen molar-refractivity contribution in [1.29, 1.82) is 0 Å². The lowest BCUT2D eigenvalue weighted by Gasteiger charge is -2.50. The van der Waals surface area contributed by atoms with Crippen LogP contribution < -0.4 is 14.5 Å². The number of carbonyl (C=O) groups excluding carboxylic acids is 1. The zero-order chi connectivity index (χ0) is 24.7. The molecule has 4 atom stereocenters. The van der Waals surface area contributed by atoms with Crippen molar-refractivity contribution < 1.29 is 19.2 Å². The Bertz CT molecular complexity index is 1110. The maximum absolute atomic E-state index is 14.0. The molecular weight excluding hydrogens is 448 g/mol. The number of non-ortho nitro benzene ring substituents is 1. The van der Waals surface area contributed by atoms with Crippen LogP contribution in [0.25, 0.3) is 0 Å². The number of hydrogen-bond donors (Lipinski definition) is 0. The molecule has 3 heterocycles. The fraction of sp³-hybridized carbons (Fsp3) is 0.500. The third kappa shape index (κ3) is 4.40. The molecule has 3 aliphatic heterocycles. The lowest BCUT2D eigenvalue weighted by Crippen LogP contribution is -2.62. The quantitative estimate of drug-likeness (QED) is 0.491. The lowest BCUT2D eigenvalue weighted by molar-refractivity contribution is -0.384. The van der Waals surface area contributed by atoms with Crippen molar-refractivity contribution in [3.63, 3.8) is 0 Å². The second kappa shape index (κ2) is 9.37. The highest BCUT2D eigenvalue weighted by molar-refractivity contribution is 5.83. The van der Waals surface area contributed by atoms with E-state index in [-0.39, 0.29) is 40.7 Å². The minimum atomic E-state index is -0.367. The third-order valence-electron chi connectivity index (χ3n) is 7.38. The van der Waals surface area contributed by atoms with Gasteiger partial charge in [-0.25, -0.2) is 0 Å². The molecule has 0 bridgehead atoms. The van der Waals surface area contributed by atoms with Crippen LogP contribution in [0.4, 0.5) is 17.1 Å². The minimum absolute atomic E-state index is 0.0211. The molecule has 186 valence electrons. The van der Waals surface area contributed by atoms with Gasteiger partial charge < -0.3 is 24.2 Å². The molecule has 0 N–H and O–H groups in total. The van der Waals surface area contributed by atoms with Crippen molar-refractivity contribution >= 4 is 23.0 Å². The van der Waals surface area contributed by atoms with Crippen molar-refractivity contribution in [1.82, 2.24) is 4.90 Å². The minimum Gasteiger partial charge on any atom is -0.495 e. The van der Waals surface area contributed by atoms with E-state index in [1.807, 2.05) is 43.0 Å². The number of amides is 1. The largest absolute Gasteiger partial charge is 0.495 e. The number of carbonyl (C=O) groups is 1. The fourth-order valence-electron chi connectivity index (χ4n) is 5.91. The summed E-state index contributed by atoms with van der Waals surface area (Å²) in [5, 5.41) is 11.4. The molecule has 1 amide bonds. The lowest BCUT2D eigenvalue weighted by atomic mass is 9.82. The molecule has 0 aliphatic carbocycles. The van der Waals surface area contributed by atoms with Gasteiger partial charge in [0.15, 0.2) is 0 Å².